The van der Waals surface area contributed by atoms with Crippen LogP contribution in [0.15, 0.2) is 12.4 Å². The SMILES string of the molecule is Nc1cc(NC(=O)CSCCCOC2CCCC2)ncn1. The molecule has 1 aliphatic carbocycles. The molecule has 21 heavy (non-hydrogen) atoms. The van der Waals surface area contributed by atoms with Crippen LogP contribution in [-0.4, -0.2) is 40.1 Å². The maximum Gasteiger partial charge on any atom is 0.235 e. The van der Waals surface area contributed by atoms with Crippen LogP contribution >= 0.6 is 11.8 Å². The number of thioether (sulfide) groups is 1. The van der Waals surface area contributed by atoms with Crippen molar-refractivity contribution < 1.29 is 9.53 Å². The van der Waals surface area contributed by atoms with E-state index in [1.807, 2.05) is 0 Å². The Morgan fingerprint density at radius 3 is 3.00 bits per heavy atom. The van der Waals surface area contributed by atoms with Gasteiger partial charge in [-0.3, -0.25) is 4.79 Å². The molecule has 1 saturated carbocycles. The Morgan fingerprint density at radius 2 is 2.24 bits per heavy atom. The first-order valence-electron chi connectivity index (χ1n) is 7.31. The predicted octanol–water partition coefficient (Wildman–Crippen LogP) is 2.08. The van der Waals surface area contributed by atoms with Crippen molar-refractivity contribution in [2.75, 3.05) is 29.2 Å². The van der Waals surface area contributed by atoms with Gasteiger partial charge in [-0.1, -0.05) is 12.8 Å². The Bertz CT molecular complexity index is 452. The molecule has 1 amide bonds. The third-order valence-electron chi connectivity index (χ3n) is 3.28. The number of carbonyl (C=O) groups is 1. The molecular weight excluding hydrogens is 288 g/mol. The minimum absolute atomic E-state index is 0.0742. The van der Waals surface area contributed by atoms with E-state index in [0.717, 1.165) is 18.8 Å². The van der Waals surface area contributed by atoms with Gasteiger partial charge in [-0.05, 0) is 25.0 Å². The number of amides is 1. The summed E-state index contributed by atoms with van der Waals surface area (Å²) >= 11 is 1.60. The van der Waals surface area contributed by atoms with Crippen molar-refractivity contribution in [3.8, 4) is 0 Å². The summed E-state index contributed by atoms with van der Waals surface area (Å²) in [6, 6.07) is 1.54. The number of hydrogen-bond donors (Lipinski definition) is 2. The van der Waals surface area contributed by atoms with E-state index in [1.54, 1.807) is 11.8 Å². The summed E-state index contributed by atoms with van der Waals surface area (Å²) in [7, 11) is 0. The quantitative estimate of drug-likeness (QED) is 0.714. The lowest BCUT2D eigenvalue weighted by Gasteiger charge is -2.10. The number of nitrogens with zero attached hydrogens (tertiary/aromatic N) is 2. The summed E-state index contributed by atoms with van der Waals surface area (Å²) in [5.41, 5.74) is 5.52. The van der Waals surface area contributed by atoms with Gasteiger partial charge in [0.2, 0.25) is 5.91 Å². The molecule has 0 aromatic carbocycles. The van der Waals surface area contributed by atoms with Gasteiger partial charge in [0.15, 0.2) is 0 Å². The number of carbonyl (C=O) groups excluding carboxylic acids is 1. The zero-order chi connectivity index (χ0) is 14.9. The van der Waals surface area contributed by atoms with Crippen molar-refractivity contribution in [1.29, 1.82) is 0 Å². The lowest BCUT2D eigenvalue weighted by Crippen LogP contribution is -2.16. The van der Waals surface area contributed by atoms with E-state index in [4.69, 9.17) is 10.5 Å². The molecule has 0 aliphatic heterocycles. The van der Waals surface area contributed by atoms with Crippen LogP contribution in [-0.2, 0) is 9.53 Å². The molecule has 0 bridgehead atoms. The highest BCUT2D eigenvalue weighted by atomic mass is 32.2. The second kappa shape index (κ2) is 8.84. The van der Waals surface area contributed by atoms with Crippen molar-refractivity contribution in [3.05, 3.63) is 12.4 Å². The van der Waals surface area contributed by atoms with Crippen molar-refractivity contribution in [3.63, 3.8) is 0 Å². The number of nitrogen functional groups attached to an aromatic ring is 1. The van der Waals surface area contributed by atoms with E-state index in [0.29, 0.717) is 23.5 Å². The van der Waals surface area contributed by atoms with Gasteiger partial charge in [0.25, 0.3) is 0 Å². The van der Waals surface area contributed by atoms with Crippen LogP contribution in [0.25, 0.3) is 0 Å². The molecule has 0 spiro atoms. The molecule has 1 heterocycles. The highest BCUT2D eigenvalue weighted by molar-refractivity contribution is 7.99. The molecule has 0 saturated heterocycles. The van der Waals surface area contributed by atoms with E-state index < -0.39 is 0 Å². The maximum absolute atomic E-state index is 11.7. The number of hydrogen-bond acceptors (Lipinski definition) is 6. The fourth-order valence-corrected chi connectivity index (χ4v) is 2.97. The average Bonchev–Trinajstić information content (AvgIpc) is 2.96. The predicted molar refractivity (Wildman–Crippen MR) is 85.2 cm³/mol. The Hall–Kier alpha value is -1.34. The number of aromatic nitrogens is 2. The van der Waals surface area contributed by atoms with Gasteiger partial charge in [0.05, 0.1) is 11.9 Å². The number of nitrogens with one attached hydrogen (secondary N) is 1. The Balaban J connectivity index is 1.51. The van der Waals surface area contributed by atoms with Crippen molar-refractivity contribution >= 4 is 29.3 Å². The summed E-state index contributed by atoms with van der Waals surface area (Å²) < 4.78 is 5.77. The van der Waals surface area contributed by atoms with E-state index in [1.165, 1.54) is 38.1 Å². The highest BCUT2D eigenvalue weighted by Crippen LogP contribution is 2.21. The second-order valence-corrected chi connectivity index (χ2v) is 6.16. The zero-order valence-electron chi connectivity index (χ0n) is 12.1. The molecule has 7 heteroatoms. The number of nitrogens with two attached hydrogens (primary N) is 1. The smallest absolute Gasteiger partial charge is 0.235 e. The van der Waals surface area contributed by atoms with Crippen molar-refractivity contribution in [1.82, 2.24) is 9.97 Å². The van der Waals surface area contributed by atoms with Crippen LogP contribution in [0.1, 0.15) is 32.1 Å². The van der Waals surface area contributed by atoms with Gasteiger partial charge in [-0.25, -0.2) is 9.97 Å². The zero-order valence-corrected chi connectivity index (χ0v) is 12.9. The summed E-state index contributed by atoms with van der Waals surface area (Å²) in [5.74, 6) is 2.05. The Labute approximate surface area is 129 Å². The average molecular weight is 310 g/mol. The van der Waals surface area contributed by atoms with Gasteiger partial charge in [0.1, 0.15) is 18.0 Å². The van der Waals surface area contributed by atoms with Crippen LogP contribution in [0.4, 0.5) is 11.6 Å². The first-order valence-corrected chi connectivity index (χ1v) is 8.46. The molecule has 2 rings (SSSR count). The minimum atomic E-state index is -0.0742. The summed E-state index contributed by atoms with van der Waals surface area (Å²) in [4.78, 5) is 19.4. The molecule has 1 aromatic rings. The van der Waals surface area contributed by atoms with Crippen LogP contribution in [0.5, 0.6) is 0 Å². The normalized spacial score (nSPS) is 15.2. The topological polar surface area (TPSA) is 90.1 Å². The van der Waals surface area contributed by atoms with Gasteiger partial charge in [-0.2, -0.15) is 11.8 Å². The van der Waals surface area contributed by atoms with Gasteiger partial charge < -0.3 is 15.8 Å². The monoisotopic (exact) mass is 310 g/mol. The summed E-state index contributed by atoms with van der Waals surface area (Å²) in [6.45, 7) is 0.793. The third kappa shape index (κ3) is 6.31. The first kappa shape index (κ1) is 16.0. The van der Waals surface area contributed by atoms with E-state index in [2.05, 4.69) is 15.3 Å². The Morgan fingerprint density at radius 1 is 1.43 bits per heavy atom. The Kier molecular flexibility index (Phi) is 6.75. The molecular formula is C14H22N4O2S. The molecule has 3 N–H and O–H groups in total. The van der Waals surface area contributed by atoms with Crippen LogP contribution in [0.3, 0.4) is 0 Å². The van der Waals surface area contributed by atoms with Crippen molar-refractivity contribution in [2.45, 2.75) is 38.2 Å². The number of rotatable bonds is 8. The second-order valence-electron chi connectivity index (χ2n) is 5.06. The summed E-state index contributed by atoms with van der Waals surface area (Å²) in [5, 5.41) is 2.70. The molecule has 116 valence electrons. The van der Waals surface area contributed by atoms with Gasteiger partial charge >= 0.3 is 0 Å². The lowest BCUT2D eigenvalue weighted by molar-refractivity contribution is -0.113. The van der Waals surface area contributed by atoms with Gasteiger partial charge in [0, 0.05) is 12.7 Å². The molecule has 0 atom stereocenters. The minimum Gasteiger partial charge on any atom is -0.384 e. The largest absolute Gasteiger partial charge is 0.384 e. The first-order chi connectivity index (χ1) is 10.2. The third-order valence-corrected chi connectivity index (χ3v) is 4.32. The fourth-order valence-electron chi connectivity index (χ4n) is 2.25. The standard InChI is InChI=1S/C14H22N4O2S/c15-12-8-13(17-10-16-12)18-14(19)9-21-7-3-6-20-11-4-1-2-5-11/h8,10-11H,1-7,9H2,(H3,15,16,17,18,19). The molecule has 1 aromatic heterocycles. The van der Waals surface area contributed by atoms with E-state index in [9.17, 15) is 4.79 Å². The molecule has 0 unspecified atom stereocenters. The maximum atomic E-state index is 11.7. The van der Waals surface area contributed by atoms with Crippen LogP contribution in [0.2, 0.25) is 0 Å². The number of anilines is 2. The van der Waals surface area contributed by atoms with E-state index >= 15 is 0 Å². The molecule has 1 fully saturated rings. The molecule has 6 nitrogen and oxygen atoms in total. The highest BCUT2D eigenvalue weighted by Gasteiger charge is 2.14. The van der Waals surface area contributed by atoms with Crippen LogP contribution in [0, 0.1) is 0 Å². The lowest BCUT2D eigenvalue weighted by atomic mass is 10.3. The molecule has 0 radical (unpaired) electrons. The van der Waals surface area contributed by atoms with E-state index in [-0.39, 0.29) is 5.91 Å². The molecule has 1 aliphatic rings. The van der Waals surface area contributed by atoms with Crippen molar-refractivity contribution in [2.24, 2.45) is 0 Å². The fraction of sp³-hybridized carbons (Fsp3) is 0.643. The van der Waals surface area contributed by atoms with Gasteiger partial charge in [-0.15, -0.1) is 0 Å². The van der Waals surface area contributed by atoms with Crippen LogP contribution < -0.4 is 11.1 Å². The number of ether oxygens (including phenoxy) is 1. The summed E-state index contributed by atoms with van der Waals surface area (Å²) in [6.07, 6.45) is 7.80.